The number of halogens is 2. The first-order chi connectivity index (χ1) is 9.65. The number of rotatable bonds is 2. The van der Waals surface area contributed by atoms with Crippen molar-refractivity contribution in [1.82, 2.24) is 0 Å². The number of benzene rings is 2. The van der Waals surface area contributed by atoms with Crippen molar-refractivity contribution in [2.75, 3.05) is 13.2 Å². The fraction of sp³-hybridized carbons (Fsp3) is 0.250. The highest BCUT2D eigenvalue weighted by Crippen LogP contribution is 2.37. The summed E-state index contributed by atoms with van der Waals surface area (Å²) in [5, 5.41) is 0.467. The van der Waals surface area contributed by atoms with Crippen LogP contribution in [0, 0.1) is 6.92 Å². The molecule has 2 aromatic carbocycles. The van der Waals surface area contributed by atoms with E-state index in [2.05, 4.69) is 0 Å². The lowest BCUT2D eigenvalue weighted by molar-refractivity contribution is 0.171. The lowest BCUT2D eigenvalue weighted by Gasteiger charge is -2.20. The molecule has 104 valence electrons. The summed E-state index contributed by atoms with van der Waals surface area (Å²) in [6.07, 6.45) is 0. The Kier molecular flexibility index (Phi) is 3.77. The van der Waals surface area contributed by atoms with Crippen LogP contribution in [0.5, 0.6) is 11.5 Å². The minimum atomic E-state index is -0.260. The highest BCUT2D eigenvalue weighted by atomic mass is 35.5. The van der Waals surface area contributed by atoms with Crippen LogP contribution in [-0.2, 0) is 0 Å². The molecule has 0 saturated heterocycles. The molecule has 3 rings (SSSR count). The van der Waals surface area contributed by atoms with Gasteiger partial charge in [-0.25, -0.2) is 0 Å². The minimum absolute atomic E-state index is 0.260. The number of alkyl halides is 1. The van der Waals surface area contributed by atoms with Crippen molar-refractivity contribution < 1.29 is 9.47 Å². The summed E-state index contributed by atoms with van der Waals surface area (Å²) >= 11 is 12.7. The number of hydrogen-bond donors (Lipinski definition) is 0. The molecule has 1 heterocycles. The van der Waals surface area contributed by atoms with E-state index in [1.54, 1.807) is 0 Å². The molecule has 0 fully saturated rings. The van der Waals surface area contributed by atoms with Crippen molar-refractivity contribution in [3.8, 4) is 11.5 Å². The van der Waals surface area contributed by atoms with Crippen LogP contribution >= 0.6 is 23.2 Å². The predicted octanol–water partition coefficient (Wildman–Crippen LogP) is 4.75. The highest BCUT2D eigenvalue weighted by Gasteiger charge is 2.17. The SMILES string of the molecule is Cc1ccc(C(Cl)c2ccc3c(c2)OCCO3)cc1Cl. The van der Waals surface area contributed by atoms with Gasteiger partial charge in [-0.2, -0.15) is 0 Å². The van der Waals surface area contributed by atoms with Crippen LogP contribution in [0.2, 0.25) is 5.02 Å². The lowest BCUT2D eigenvalue weighted by atomic mass is 10.0. The quantitative estimate of drug-likeness (QED) is 0.745. The van der Waals surface area contributed by atoms with Gasteiger partial charge in [0, 0.05) is 5.02 Å². The largest absolute Gasteiger partial charge is 0.486 e. The van der Waals surface area contributed by atoms with Gasteiger partial charge in [-0.05, 0) is 41.8 Å². The Morgan fingerprint density at radius 1 is 0.950 bits per heavy atom. The first-order valence-corrected chi connectivity index (χ1v) is 7.26. The minimum Gasteiger partial charge on any atom is -0.486 e. The van der Waals surface area contributed by atoms with Crippen molar-refractivity contribution in [3.63, 3.8) is 0 Å². The molecule has 1 aliphatic rings. The Labute approximate surface area is 128 Å². The third-order valence-corrected chi connectivity index (χ3v) is 4.26. The molecule has 1 atom stereocenters. The summed E-state index contributed by atoms with van der Waals surface area (Å²) in [6.45, 7) is 3.13. The summed E-state index contributed by atoms with van der Waals surface area (Å²) in [7, 11) is 0. The van der Waals surface area contributed by atoms with Gasteiger partial charge in [-0.1, -0.05) is 29.8 Å². The molecule has 0 amide bonds. The first-order valence-electron chi connectivity index (χ1n) is 6.45. The molecule has 0 radical (unpaired) electrons. The van der Waals surface area contributed by atoms with Crippen LogP contribution in [0.4, 0.5) is 0 Å². The highest BCUT2D eigenvalue weighted by molar-refractivity contribution is 6.31. The second-order valence-electron chi connectivity index (χ2n) is 4.77. The molecule has 20 heavy (non-hydrogen) atoms. The van der Waals surface area contributed by atoms with Crippen LogP contribution in [0.15, 0.2) is 36.4 Å². The summed E-state index contributed by atoms with van der Waals surface area (Å²) in [6, 6.07) is 11.7. The zero-order chi connectivity index (χ0) is 14.1. The summed E-state index contributed by atoms with van der Waals surface area (Å²) in [5.41, 5.74) is 2.98. The van der Waals surface area contributed by atoms with Gasteiger partial charge in [-0.3, -0.25) is 0 Å². The Morgan fingerprint density at radius 3 is 2.35 bits per heavy atom. The smallest absolute Gasteiger partial charge is 0.161 e. The molecule has 0 spiro atoms. The van der Waals surface area contributed by atoms with Crippen molar-refractivity contribution in [2.45, 2.75) is 12.3 Å². The maximum absolute atomic E-state index is 6.54. The van der Waals surface area contributed by atoms with Gasteiger partial charge in [0.15, 0.2) is 11.5 Å². The third-order valence-electron chi connectivity index (χ3n) is 3.35. The first kappa shape index (κ1) is 13.6. The van der Waals surface area contributed by atoms with E-state index in [9.17, 15) is 0 Å². The fourth-order valence-corrected chi connectivity index (χ4v) is 2.64. The van der Waals surface area contributed by atoms with Gasteiger partial charge in [0.1, 0.15) is 13.2 Å². The van der Waals surface area contributed by atoms with E-state index in [0.717, 1.165) is 33.2 Å². The van der Waals surface area contributed by atoms with Crippen LogP contribution < -0.4 is 9.47 Å². The third kappa shape index (κ3) is 2.58. The monoisotopic (exact) mass is 308 g/mol. The molecule has 1 aliphatic heterocycles. The molecule has 2 nitrogen and oxygen atoms in total. The van der Waals surface area contributed by atoms with Crippen molar-refractivity contribution in [1.29, 1.82) is 0 Å². The van der Waals surface area contributed by atoms with Crippen LogP contribution in [-0.4, -0.2) is 13.2 Å². The summed E-state index contributed by atoms with van der Waals surface area (Å²) < 4.78 is 11.1. The van der Waals surface area contributed by atoms with E-state index in [0.29, 0.717) is 13.2 Å². The summed E-state index contributed by atoms with van der Waals surface area (Å²) in [4.78, 5) is 0. The van der Waals surface area contributed by atoms with Crippen molar-refractivity contribution >= 4 is 23.2 Å². The average molecular weight is 309 g/mol. The van der Waals surface area contributed by atoms with Gasteiger partial charge in [0.2, 0.25) is 0 Å². The fourth-order valence-electron chi connectivity index (χ4n) is 2.18. The number of ether oxygens (including phenoxy) is 2. The van der Waals surface area contributed by atoms with Crippen LogP contribution in [0.3, 0.4) is 0 Å². The summed E-state index contributed by atoms with van der Waals surface area (Å²) in [5.74, 6) is 1.52. The van der Waals surface area contributed by atoms with E-state index in [4.69, 9.17) is 32.7 Å². The van der Waals surface area contributed by atoms with Gasteiger partial charge in [0.25, 0.3) is 0 Å². The molecule has 0 aliphatic carbocycles. The molecular weight excluding hydrogens is 295 g/mol. The maximum Gasteiger partial charge on any atom is 0.161 e. The van der Waals surface area contributed by atoms with Crippen LogP contribution in [0.25, 0.3) is 0 Å². The van der Waals surface area contributed by atoms with Gasteiger partial charge in [0.05, 0.1) is 5.38 Å². The van der Waals surface area contributed by atoms with E-state index >= 15 is 0 Å². The van der Waals surface area contributed by atoms with E-state index in [-0.39, 0.29) is 5.38 Å². The zero-order valence-electron chi connectivity index (χ0n) is 11.0. The molecule has 0 saturated carbocycles. The second-order valence-corrected chi connectivity index (χ2v) is 5.62. The predicted molar refractivity (Wildman–Crippen MR) is 81.3 cm³/mol. The van der Waals surface area contributed by atoms with Gasteiger partial charge < -0.3 is 9.47 Å². The number of hydrogen-bond acceptors (Lipinski definition) is 2. The number of fused-ring (bicyclic) bond motifs is 1. The van der Waals surface area contributed by atoms with E-state index in [1.165, 1.54) is 0 Å². The molecular formula is C16H14Cl2O2. The molecule has 4 heteroatoms. The Morgan fingerprint density at radius 2 is 1.60 bits per heavy atom. The van der Waals surface area contributed by atoms with Crippen LogP contribution in [0.1, 0.15) is 22.1 Å². The van der Waals surface area contributed by atoms with Gasteiger partial charge in [-0.15, -0.1) is 11.6 Å². The molecule has 0 aromatic heterocycles. The Hall–Kier alpha value is -1.38. The molecule has 1 unspecified atom stereocenters. The topological polar surface area (TPSA) is 18.5 Å². The standard InChI is InChI=1S/C16H14Cl2O2/c1-10-2-3-11(8-13(10)17)16(18)12-4-5-14-15(9-12)20-7-6-19-14/h2-5,8-9,16H,6-7H2,1H3. The zero-order valence-corrected chi connectivity index (χ0v) is 12.5. The molecule has 0 bridgehead atoms. The number of aryl methyl sites for hydroxylation is 1. The van der Waals surface area contributed by atoms with Crippen molar-refractivity contribution in [2.24, 2.45) is 0 Å². The van der Waals surface area contributed by atoms with Crippen molar-refractivity contribution in [3.05, 3.63) is 58.1 Å². The lowest BCUT2D eigenvalue weighted by Crippen LogP contribution is -2.15. The normalized spacial score (nSPS) is 14.9. The van der Waals surface area contributed by atoms with E-state index in [1.807, 2.05) is 43.3 Å². The van der Waals surface area contributed by atoms with E-state index < -0.39 is 0 Å². The maximum atomic E-state index is 6.54. The Balaban J connectivity index is 1.93. The Bertz CT molecular complexity index is 640. The average Bonchev–Trinajstić information content (AvgIpc) is 2.49. The molecule has 2 aromatic rings. The second kappa shape index (κ2) is 5.55. The molecule has 0 N–H and O–H groups in total. The van der Waals surface area contributed by atoms with Gasteiger partial charge >= 0.3 is 0 Å².